The lowest BCUT2D eigenvalue weighted by atomic mass is 10.2. The number of amides is 1. The van der Waals surface area contributed by atoms with E-state index >= 15 is 0 Å². The van der Waals surface area contributed by atoms with Gasteiger partial charge in [0.1, 0.15) is 12.7 Å². The molecule has 0 unspecified atom stereocenters. The van der Waals surface area contributed by atoms with Gasteiger partial charge in [-0.05, 0) is 38.1 Å². The van der Waals surface area contributed by atoms with Crippen molar-refractivity contribution in [2.24, 2.45) is 5.92 Å². The number of hydrogen-bond acceptors (Lipinski definition) is 5. The summed E-state index contributed by atoms with van der Waals surface area (Å²) >= 11 is 0. The monoisotopic (exact) mass is 312 g/mol. The van der Waals surface area contributed by atoms with Gasteiger partial charge in [0.05, 0.1) is 24.2 Å². The number of nitriles is 1. The van der Waals surface area contributed by atoms with Crippen molar-refractivity contribution in [1.82, 2.24) is 19.7 Å². The summed E-state index contributed by atoms with van der Waals surface area (Å²) in [6.07, 6.45) is 3.11. The zero-order valence-corrected chi connectivity index (χ0v) is 13.3. The number of nitrogens with zero attached hydrogens (tertiary/aromatic N) is 5. The maximum absolute atomic E-state index is 12.2. The molecule has 2 rings (SSSR count). The third-order valence-corrected chi connectivity index (χ3v) is 3.44. The van der Waals surface area contributed by atoms with E-state index in [0.29, 0.717) is 13.1 Å². The van der Waals surface area contributed by atoms with E-state index in [1.165, 1.54) is 6.33 Å². The fraction of sp³-hybridized carbons (Fsp3) is 0.375. The van der Waals surface area contributed by atoms with E-state index in [2.05, 4.69) is 21.5 Å². The molecule has 7 heteroatoms. The van der Waals surface area contributed by atoms with Crippen LogP contribution in [0.1, 0.15) is 13.8 Å². The summed E-state index contributed by atoms with van der Waals surface area (Å²) in [6.45, 7) is 4.98. The normalized spacial score (nSPS) is 11.5. The molecular formula is C16H20N6O. The fourth-order valence-electron chi connectivity index (χ4n) is 2.14. The zero-order chi connectivity index (χ0) is 16.7. The zero-order valence-electron chi connectivity index (χ0n) is 13.3. The number of carbonyl (C=O) groups excluding carboxylic acids is 1. The number of rotatable bonds is 7. The third kappa shape index (κ3) is 4.54. The molecule has 2 aromatic rings. The minimum absolute atomic E-state index is 0.0186. The van der Waals surface area contributed by atoms with Crippen LogP contribution in [0.25, 0.3) is 5.69 Å². The lowest BCUT2D eigenvalue weighted by Crippen LogP contribution is -2.38. The Hall–Kier alpha value is -2.88. The van der Waals surface area contributed by atoms with Crippen molar-refractivity contribution in [2.75, 3.05) is 25.0 Å². The van der Waals surface area contributed by atoms with Crippen molar-refractivity contribution in [1.29, 1.82) is 5.26 Å². The highest BCUT2D eigenvalue weighted by Crippen LogP contribution is 2.12. The molecule has 0 aliphatic carbocycles. The first kappa shape index (κ1) is 16.5. The van der Waals surface area contributed by atoms with Gasteiger partial charge in [-0.25, -0.2) is 9.67 Å². The molecule has 0 bridgehead atoms. The number of nitrogens with one attached hydrogen (secondary N) is 1. The molecule has 0 radical (unpaired) electrons. The molecule has 1 atom stereocenters. The first-order valence-corrected chi connectivity index (χ1v) is 7.50. The van der Waals surface area contributed by atoms with Crippen molar-refractivity contribution in [2.45, 2.75) is 13.8 Å². The van der Waals surface area contributed by atoms with E-state index in [-0.39, 0.29) is 18.4 Å². The summed E-state index contributed by atoms with van der Waals surface area (Å²) < 4.78 is 1.66. The highest BCUT2D eigenvalue weighted by Gasteiger charge is 2.14. The molecule has 1 amide bonds. The molecule has 0 spiro atoms. The van der Waals surface area contributed by atoms with Gasteiger partial charge >= 0.3 is 0 Å². The van der Waals surface area contributed by atoms with Gasteiger partial charge in [-0.2, -0.15) is 10.4 Å². The molecule has 0 aliphatic heterocycles. The largest absolute Gasteiger partial charge is 0.376 e. The van der Waals surface area contributed by atoms with E-state index in [9.17, 15) is 4.79 Å². The highest BCUT2D eigenvalue weighted by molar-refractivity contribution is 5.80. The van der Waals surface area contributed by atoms with Crippen molar-refractivity contribution < 1.29 is 4.79 Å². The number of likely N-dealkylation sites (N-methyl/N-ethyl adjacent to an activating group) is 1. The van der Waals surface area contributed by atoms with E-state index in [4.69, 9.17) is 5.26 Å². The predicted molar refractivity (Wildman–Crippen MR) is 86.9 cm³/mol. The molecule has 0 saturated heterocycles. The van der Waals surface area contributed by atoms with Crippen LogP contribution in [-0.2, 0) is 4.79 Å². The van der Waals surface area contributed by atoms with Gasteiger partial charge in [0.15, 0.2) is 0 Å². The Morgan fingerprint density at radius 2 is 2.17 bits per heavy atom. The summed E-state index contributed by atoms with van der Waals surface area (Å²) in [5, 5.41) is 16.0. The van der Waals surface area contributed by atoms with Gasteiger partial charge in [-0.1, -0.05) is 0 Å². The Balaban J connectivity index is 1.90. The molecule has 23 heavy (non-hydrogen) atoms. The Bertz CT molecular complexity index is 659. The Labute approximate surface area is 135 Å². The van der Waals surface area contributed by atoms with Crippen LogP contribution in [0.15, 0.2) is 36.9 Å². The van der Waals surface area contributed by atoms with Crippen molar-refractivity contribution in [3.63, 3.8) is 0 Å². The molecule has 1 aromatic heterocycles. The maximum atomic E-state index is 12.2. The Kier molecular flexibility index (Phi) is 5.69. The lowest BCUT2D eigenvalue weighted by molar-refractivity contribution is -0.129. The molecule has 7 nitrogen and oxygen atoms in total. The quantitative estimate of drug-likeness (QED) is 0.840. The van der Waals surface area contributed by atoms with Gasteiger partial charge < -0.3 is 10.2 Å². The van der Waals surface area contributed by atoms with Gasteiger partial charge in [0.2, 0.25) is 5.91 Å². The van der Waals surface area contributed by atoms with E-state index in [1.807, 2.05) is 38.1 Å². The number of hydrogen-bond donors (Lipinski definition) is 1. The van der Waals surface area contributed by atoms with Crippen LogP contribution in [0.4, 0.5) is 5.69 Å². The van der Waals surface area contributed by atoms with Gasteiger partial charge in [0.25, 0.3) is 0 Å². The topological polar surface area (TPSA) is 86.8 Å². The Morgan fingerprint density at radius 3 is 2.74 bits per heavy atom. The van der Waals surface area contributed by atoms with Crippen LogP contribution < -0.4 is 5.32 Å². The fourth-order valence-corrected chi connectivity index (χ4v) is 2.14. The van der Waals surface area contributed by atoms with Crippen LogP contribution in [0.5, 0.6) is 0 Å². The van der Waals surface area contributed by atoms with Crippen molar-refractivity contribution >= 4 is 11.6 Å². The van der Waals surface area contributed by atoms with Gasteiger partial charge in [-0.15, -0.1) is 0 Å². The van der Waals surface area contributed by atoms with Crippen LogP contribution in [0.3, 0.4) is 0 Å². The lowest BCUT2D eigenvalue weighted by Gasteiger charge is -2.22. The van der Waals surface area contributed by atoms with Crippen LogP contribution >= 0.6 is 0 Å². The third-order valence-electron chi connectivity index (χ3n) is 3.44. The Morgan fingerprint density at radius 1 is 1.43 bits per heavy atom. The minimum atomic E-state index is -0.166. The second-order valence-electron chi connectivity index (χ2n) is 5.20. The summed E-state index contributed by atoms with van der Waals surface area (Å²) in [4.78, 5) is 17.8. The van der Waals surface area contributed by atoms with Crippen molar-refractivity contribution in [3.8, 4) is 11.8 Å². The molecular weight excluding hydrogens is 292 g/mol. The maximum Gasteiger partial charge on any atom is 0.241 e. The van der Waals surface area contributed by atoms with E-state index < -0.39 is 0 Å². The average Bonchev–Trinajstić information content (AvgIpc) is 3.12. The van der Waals surface area contributed by atoms with E-state index in [1.54, 1.807) is 15.9 Å². The second-order valence-corrected chi connectivity index (χ2v) is 5.20. The number of aromatic nitrogens is 3. The number of benzene rings is 1. The summed E-state index contributed by atoms with van der Waals surface area (Å²) in [6, 6.07) is 9.72. The number of anilines is 1. The molecule has 1 aromatic carbocycles. The number of carbonyl (C=O) groups is 1. The van der Waals surface area contributed by atoms with E-state index in [0.717, 1.165) is 11.4 Å². The van der Waals surface area contributed by atoms with Crippen LogP contribution in [-0.4, -0.2) is 45.2 Å². The molecule has 120 valence electrons. The first-order valence-electron chi connectivity index (χ1n) is 7.50. The summed E-state index contributed by atoms with van der Waals surface area (Å²) in [5.74, 6) is -0.184. The van der Waals surface area contributed by atoms with Crippen LogP contribution in [0.2, 0.25) is 0 Å². The summed E-state index contributed by atoms with van der Waals surface area (Å²) in [5.41, 5.74) is 1.75. The minimum Gasteiger partial charge on any atom is -0.376 e. The second kappa shape index (κ2) is 7.94. The standard InChI is InChI=1S/C16H20N6O/c1-3-21(10-13(2)8-17)16(23)9-19-14-4-6-15(7-5-14)22-12-18-11-20-22/h4-7,11-13,19H,3,9-10H2,1-2H3/t13-/m1/s1. The first-order chi connectivity index (χ1) is 11.1. The smallest absolute Gasteiger partial charge is 0.241 e. The highest BCUT2D eigenvalue weighted by atomic mass is 16.2. The average molecular weight is 312 g/mol. The molecule has 1 heterocycles. The van der Waals surface area contributed by atoms with Crippen molar-refractivity contribution in [3.05, 3.63) is 36.9 Å². The van der Waals surface area contributed by atoms with Gasteiger partial charge in [-0.3, -0.25) is 4.79 Å². The van der Waals surface area contributed by atoms with Gasteiger partial charge in [0, 0.05) is 18.8 Å². The predicted octanol–water partition coefficient (Wildman–Crippen LogP) is 1.69. The molecule has 0 saturated carbocycles. The van der Waals surface area contributed by atoms with Crippen LogP contribution in [0, 0.1) is 17.2 Å². The molecule has 0 fully saturated rings. The molecule has 0 aliphatic rings. The summed E-state index contributed by atoms with van der Waals surface area (Å²) in [7, 11) is 0. The SMILES string of the molecule is CCN(C[C@H](C)C#N)C(=O)CNc1ccc(-n2cncn2)cc1. The molecule has 1 N–H and O–H groups in total.